The van der Waals surface area contributed by atoms with Crippen molar-refractivity contribution in [3.8, 4) is 5.75 Å². The Labute approximate surface area is 137 Å². The van der Waals surface area contributed by atoms with Gasteiger partial charge in [-0.25, -0.2) is 0 Å². The number of carboxylic acids is 1. The van der Waals surface area contributed by atoms with Gasteiger partial charge in [-0.3, -0.25) is 14.4 Å². The van der Waals surface area contributed by atoms with Gasteiger partial charge in [0.25, 0.3) is 5.91 Å². The smallest absolute Gasteiger partial charge is 0.322 e. The molecule has 124 valence electrons. The Morgan fingerprint density at radius 2 is 1.71 bits per heavy atom. The standard InChI is InChI=1S/C17H16N2O5/c20-14-3-1-2-11(8-14)9-15(21)19-13-6-4-12(5-7-13)17(24)18-10-16(22)23/h1-8,20H,9-10H2,(H,18,24)(H,19,21)(H,22,23). The lowest BCUT2D eigenvalue weighted by molar-refractivity contribution is -0.135. The lowest BCUT2D eigenvalue weighted by atomic mass is 10.1. The van der Waals surface area contributed by atoms with Crippen LogP contribution in [0.4, 0.5) is 5.69 Å². The molecule has 0 aliphatic carbocycles. The van der Waals surface area contributed by atoms with Gasteiger partial charge >= 0.3 is 5.97 Å². The van der Waals surface area contributed by atoms with Crippen LogP contribution in [0.5, 0.6) is 5.75 Å². The van der Waals surface area contributed by atoms with E-state index in [1.807, 2.05) is 0 Å². The van der Waals surface area contributed by atoms with Crippen LogP contribution in [0.15, 0.2) is 48.5 Å². The van der Waals surface area contributed by atoms with Gasteiger partial charge < -0.3 is 20.8 Å². The summed E-state index contributed by atoms with van der Waals surface area (Å²) in [6, 6.07) is 12.5. The SMILES string of the molecule is O=C(O)CNC(=O)c1ccc(NC(=O)Cc2cccc(O)c2)cc1. The Bertz CT molecular complexity index is 756. The van der Waals surface area contributed by atoms with E-state index in [9.17, 15) is 19.5 Å². The first-order valence-corrected chi connectivity index (χ1v) is 7.12. The maximum absolute atomic E-state index is 12.0. The van der Waals surface area contributed by atoms with Crippen molar-refractivity contribution in [1.29, 1.82) is 0 Å². The van der Waals surface area contributed by atoms with Crippen LogP contribution in [0.2, 0.25) is 0 Å². The van der Waals surface area contributed by atoms with Crippen molar-refractivity contribution >= 4 is 23.5 Å². The highest BCUT2D eigenvalue weighted by Gasteiger charge is 2.08. The van der Waals surface area contributed by atoms with Crippen LogP contribution in [0, 0.1) is 0 Å². The molecule has 0 bridgehead atoms. The molecule has 0 atom stereocenters. The molecule has 24 heavy (non-hydrogen) atoms. The molecule has 0 saturated heterocycles. The Balaban J connectivity index is 1.92. The molecular formula is C17H16N2O5. The number of aliphatic carboxylic acids is 1. The summed E-state index contributed by atoms with van der Waals surface area (Å²) < 4.78 is 0. The van der Waals surface area contributed by atoms with E-state index in [0.29, 0.717) is 16.8 Å². The molecule has 0 radical (unpaired) electrons. The zero-order valence-electron chi connectivity index (χ0n) is 12.7. The van der Waals surface area contributed by atoms with Crippen molar-refractivity contribution in [3.63, 3.8) is 0 Å². The summed E-state index contributed by atoms with van der Waals surface area (Å²) in [5.74, 6) is -1.80. The van der Waals surface area contributed by atoms with Crippen LogP contribution >= 0.6 is 0 Å². The molecular weight excluding hydrogens is 312 g/mol. The molecule has 7 nitrogen and oxygen atoms in total. The predicted octanol–water partition coefficient (Wildman–Crippen LogP) is 1.39. The Morgan fingerprint density at radius 3 is 2.33 bits per heavy atom. The Morgan fingerprint density at radius 1 is 1.00 bits per heavy atom. The molecule has 0 aromatic heterocycles. The highest BCUT2D eigenvalue weighted by atomic mass is 16.4. The van der Waals surface area contributed by atoms with Gasteiger partial charge in [-0.2, -0.15) is 0 Å². The zero-order chi connectivity index (χ0) is 17.5. The van der Waals surface area contributed by atoms with Crippen molar-refractivity contribution < 1.29 is 24.6 Å². The lowest BCUT2D eigenvalue weighted by Crippen LogP contribution is -2.29. The first-order valence-electron chi connectivity index (χ1n) is 7.12. The molecule has 0 fully saturated rings. The zero-order valence-corrected chi connectivity index (χ0v) is 12.7. The number of anilines is 1. The molecule has 4 N–H and O–H groups in total. The molecule has 0 saturated carbocycles. The average Bonchev–Trinajstić information content (AvgIpc) is 2.53. The summed E-state index contributed by atoms with van der Waals surface area (Å²) in [7, 11) is 0. The number of hydrogen-bond donors (Lipinski definition) is 4. The van der Waals surface area contributed by atoms with Gasteiger partial charge in [0.1, 0.15) is 12.3 Å². The normalized spacial score (nSPS) is 10.0. The largest absolute Gasteiger partial charge is 0.508 e. The molecule has 2 rings (SSSR count). The van der Waals surface area contributed by atoms with Gasteiger partial charge in [-0.15, -0.1) is 0 Å². The number of aromatic hydroxyl groups is 1. The van der Waals surface area contributed by atoms with Crippen molar-refractivity contribution in [3.05, 3.63) is 59.7 Å². The van der Waals surface area contributed by atoms with E-state index in [0.717, 1.165) is 0 Å². The van der Waals surface area contributed by atoms with Crippen LogP contribution in [0.25, 0.3) is 0 Å². The van der Waals surface area contributed by atoms with Crippen LogP contribution in [0.1, 0.15) is 15.9 Å². The maximum atomic E-state index is 12.0. The number of hydrogen-bond acceptors (Lipinski definition) is 4. The summed E-state index contributed by atoms with van der Waals surface area (Å²) in [5, 5.41) is 22.8. The monoisotopic (exact) mass is 328 g/mol. The fraction of sp³-hybridized carbons (Fsp3) is 0.118. The number of carbonyl (C=O) groups excluding carboxylic acids is 2. The second-order valence-electron chi connectivity index (χ2n) is 5.05. The number of rotatable bonds is 6. The highest BCUT2D eigenvalue weighted by molar-refractivity contribution is 5.97. The van der Waals surface area contributed by atoms with Crippen molar-refractivity contribution in [2.45, 2.75) is 6.42 Å². The Hall–Kier alpha value is -3.35. The number of amides is 2. The van der Waals surface area contributed by atoms with Gasteiger partial charge in [-0.05, 0) is 42.0 Å². The minimum Gasteiger partial charge on any atom is -0.508 e. The number of phenolic OH excluding ortho intramolecular Hbond substituents is 1. The number of nitrogens with one attached hydrogen (secondary N) is 2. The third kappa shape index (κ3) is 5.13. The minimum atomic E-state index is -1.13. The fourth-order valence-electron chi connectivity index (χ4n) is 2.02. The van der Waals surface area contributed by atoms with Gasteiger partial charge in [0.2, 0.25) is 5.91 Å². The topological polar surface area (TPSA) is 116 Å². The van der Waals surface area contributed by atoms with Gasteiger partial charge in [-0.1, -0.05) is 12.1 Å². The second kappa shape index (κ2) is 7.77. The van der Waals surface area contributed by atoms with E-state index < -0.39 is 18.4 Å². The van der Waals surface area contributed by atoms with Crippen LogP contribution < -0.4 is 10.6 Å². The van der Waals surface area contributed by atoms with E-state index in [1.54, 1.807) is 24.3 Å². The molecule has 0 aliphatic heterocycles. The lowest BCUT2D eigenvalue weighted by Gasteiger charge is -2.07. The molecule has 0 heterocycles. The average molecular weight is 328 g/mol. The predicted molar refractivity (Wildman–Crippen MR) is 86.9 cm³/mol. The minimum absolute atomic E-state index is 0.0945. The van der Waals surface area contributed by atoms with E-state index in [1.165, 1.54) is 24.3 Å². The van der Waals surface area contributed by atoms with Gasteiger partial charge in [0, 0.05) is 11.3 Å². The summed E-state index contributed by atoms with van der Waals surface area (Å²) in [6.07, 6.45) is 0.106. The summed E-state index contributed by atoms with van der Waals surface area (Å²) in [5.41, 5.74) is 1.48. The van der Waals surface area contributed by atoms with E-state index in [4.69, 9.17) is 5.11 Å². The van der Waals surface area contributed by atoms with Gasteiger partial charge in [0.15, 0.2) is 0 Å². The Kier molecular flexibility index (Phi) is 5.51. The van der Waals surface area contributed by atoms with E-state index in [2.05, 4.69) is 10.6 Å². The molecule has 0 aliphatic rings. The molecule has 0 unspecified atom stereocenters. The van der Waals surface area contributed by atoms with E-state index >= 15 is 0 Å². The molecule has 2 amide bonds. The molecule has 0 spiro atoms. The fourth-order valence-corrected chi connectivity index (χ4v) is 2.02. The highest BCUT2D eigenvalue weighted by Crippen LogP contribution is 2.13. The second-order valence-corrected chi connectivity index (χ2v) is 5.05. The number of phenols is 1. The number of carboxylic acid groups (broad SMARTS) is 1. The first-order chi connectivity index (χ1) is 11.4. The van der Waals surface area contributed by atoms with Crippen molar-refractivity contribution in [2.24, 2.45) is 0 Å². The summed E-state index contributed by atoms with van der Waals surface area (Å²) >= 11 is 0. The third-order valence-electron chi connectivity index (χ3n) is 3.11. The van der Waals surface area contributed by atoms with Crippen LogP contribution in [-0.2, 0) is 16.0 Å². The van der Waals surface area contributed by atoms with Crippen molar-refractivity contribution in [2.75, 3.05) is 11.9 Å². The summed E-state index contributed by atoms with van der Waals surface area (Å²) in [4.78, 5) is 34.0. The summed E-state index contributed by atoms with van der Waals surface area (Å²) in [6.45, 7) is -0.457. The van der Waals surface area contributed by atoms with Crippen LogP contribution in [0.3, 0.4) is 0 Å². The van der Waals surface area contributed by atoms with Gasteiger partial charge in [0.05, 0.1) is 6.42 Å². The quantitative estimate of drug-likeness (QED) is 0.639. The number of carbonyl (C=O) groups is 3. The molecule has 2 aromatic rings. The molecule has 7 heteroatoms. The first kappa shape index (κ1) is 17.0. The maximum Gasteiger partial charge on any atom is 0.322 e. The van der Waals surface area contributed by atoms with Crippen LogP contribution in [-0.4, -0.2) is 34.5 Å². The molecule has 2 aromatic carbocycles. The van der Waals surface area contributed by atoms with E-state index in [-0.39, 0.29) is 18.1 Å². The van der Waals surface area contributed by atoms with Crippen molar-refractivity contribution in [1.82, 2.24) is 5.32 Å². The third-order valence-corrected chi connectivity index (χ3v) is 3.11. The number of benzene rings is 2.